The zero-order valence-electron chi connectivity index (χ0n) is 12.3. The molecule has 1 heterocycles. The zero-order chi connectivity index (χ0) is 15.4. The van der Waals surface area contributed by atoms with Crippen molar-refractivity contribution in [2.24, 2.45) is 5.92 Å². The Hall–Kier alpha value is -1.75. The molecule has 1 saturated heterocycles. The van der Waals surface area contributed by atoms with Crippen LogP contribution in [0.5, 0.6) is 0 Å². The van der Waals surface area contributed by atoms with E-state index in [0.29, 0.717) is 22.2 Å². The highest BCUT2D eigenvalue weighted by Crippen LogP contribution is 2.24. The maximum Gasteiger partial charge on any atom is 0.321 e. The van der Waals surface area contributed by atoms with Crippen molar-refractivity contribution in [3.63, 3.8) is 0 Å². The van der Waals surface area contributed by atoms with Gasteiger partial charge < -0.3 is 15.5 Å². The lowest BCUT2D eigenvalue weighted by atomic mass is 10.0. The average molecular weight is 310 g/mol. The quantitative estimate of drug-likeness (QED) is 0.882. The average Bonchev–Trinajstić information content (AvgIpc) is 2.48. The Bertz CT molecular complexity index is 548. The van der Waals surface area contributed by atoms with Crippen LogP contribution in [0.4, 0.5) is 10.5 Å². The molecule has 0 radical (unpaired) electrons. The first-order chi connectivity index (χ1) is 10.0. The van der Waals surface area contributed by atoms with E-state index < -0.39 is 0 Å². The molecule has 1 aliphatic rings. The summed E-state index contributed by atoms with van der Waals surface area (Å²) >= 11 is 6.09. The molecular formula is C15H20ClN3O2. The minimum Gasteiger partial charge on any atom is -0.355 e. The molecule has 1 aromatic rings. The molecule has 0 spiro atoms. The van der Waals surface area contributed by atoms with Gasteiger partial charge in [-0.15, -0.1) is 0 Å². The summed E-state index contributed by atoms with van der Waals surface area (Å²) in [6.07, 6.45) is 2.16. The molecule has 0 aromatic heterocycles. The lowest BCUT2D eigenvalue weighted by Crippen LogP contribution is -2.41. The molecule has 3 amide bonds. The number of anilines is 1. The first-order valence-electron chi connectivity index (χ1n) is 7.09. The van der Waals surface area contributed by atoms with E-state index in [2.05, 4.69) is 17.6 Å². The first-order valence-corrected chi connectivity index (χ1v) is 7.46. The molecule has 114 valence electrons. The number of carbonyl (C=O) groups is 2. The van der Waals surface area contributed by atoms with Crippen LogP contribution in [0.15, 0.2) is 18.2 Å². The number of amides is 3. The topological polar surface area (TPSA) is 61.4 Å². The molecule has 2 rings (SSSR count). The fourth-order valence-electron chi connectivity index (χ4n) is 2.47. The van der Waals surface area contributed by atoms with Gasteiger partial charge in [0.15, 0.2) is 0 Å². The monoisotopic (exact) mass is 309 g/mol. The van der Waals surface area contributed by atoms with E-state index in [4.69, 9.17) is 11.6 Å². The van der Waals surface area contributed by atoms with Crippen LogP contribution in [0.25, 0.3) is 0 Å². The van der Waals surface area contributed by atoms with Gasteiger partial charge in [-0.1, -0.05) is 18.5 Å². The van der Waals surface area contributed by atoms with Gasteiger partial charge in [-0.05, 0) is 37.0 Å². The molecule has 0 saturated carbocycles. The minimum absolute atomic E-state index is 0.169. The van der Waals surface area contributed by atoms with Gasteiger partial charge in [0.05, 0.1) is 10.7 Å². The molecular weight excluding hydrogens is 290 g/mol. The molecule has 1 atom stereocenters. The minimum atomic E-state index is -0.214. The van der Waals surface area contributed by atoms with Crippen LogP contribution in [-0.2, 0) is 0 Å². The van der Waals surface area contributed by atoms with E-state index in [-0.39, 0.29) is 11.9 Å². The van der Waals surface area contributed by atoms with Gasteiger partial charge in [-0.25, -0.2) is 4.79 Å². The second-order valence-corrected chi connectivity index (χ2v) is 5.80. The zero-order valence-corrected chi connectivity index (χ0v) is 13.0. The Balaban J connectivity index is 2.11. The van der Waals surface area contributed by atoms with Crippen molar-refractivity contribution in [1.29, 1.82) is 0 Å². The van der Waals surface area contributed by atoms with Crippen molar-refractivity contribution in [1.82, 2.24) is 10.2 Å². The summed E-state index contributed by atoms with van der Waals surface area (Å²) in [5.74, 6) is 0.297. The Kier molecular flexibility index (Phi) is 5.07. The standard InChI is InChI=1S/C15H20ClN3O2/c1-10-4-3-7-19(9-10)15(21)18-13-8-11(14(20)17-2)5-6-12(13)16/h5-6,8,10H,3-4,7,9H2,1-2H3,(H,17,20)(H,18,21). The van der Waals surface area contributed by atoms with E-state index in [1.807, 2.05) is 0 Å². The first kappa shape index (κ1) is 15.6. The van der Waals surface area contributed by atoms with Crippen molar-refractivity contribution in [2.45, 2.75) is 19.8 Å². The lowest BCUT2D eigenvalue weighted by Gasteiger charge is -2.31. The molecule has 1 unspecified atom stereocenters. The van der Waals surface area contributed by atoms with Crippen LogP contribution in [-0.4, -0.2) is 37.0 Å². The third kappa shape index (κ3) is 3.88. The number of benzene rings is 1. The Morgan fingerprint density at radius 3 is 2.81 bits per heavy atom. The number of nitrogens with zero attached hydrogens (tertiary/aromatic N) is 1. The van der Waals surface area contributed by atoms with Gasteiger partial charge in [0, 0.05) is 25.7 Å². The summed E-state index contributed by atoms with van der Waals surface area (Å²) in [6, 6.07) is 4.66. The number of likely N-dealkylation sites (tertiary alicyclic amines) is 1. The van der Waals surface area contributed by atoms with Crippen molar-refractivity contribution < 1.29 is 9.59 Å². The number of nitrogens with one attached hydrogen (secondary N) is 2. The van der Waals surface area contributed by atoms with Crippen LogP contribution in [0, 0.1) is 5.92 Å². The normalized spacial score (nSPS) is 18.2. The Morgan fingerprint density at radius 1 is 1.38 bits per heavy atom. The Morgan fingerprint density at radius 2 is 2.14 bits per heavy atom. The van der Waals surface area contributed by atoms with Gasteiger partial charge in [0.2, 0.25) is 0 Å². The van der Waals surface area contributed by atoms with Crippen LogP contribution in [0.3, 0.4) is 0 Å². The Labute approximate surface area is 129 Å². The maximum atomic E-state index is 12.3. The van der Waals surface area contributed by atoms with Gasteiger partial charge in [-0.3, -0.25) is 4.79 Å². The molecule has 21 heavy (non-hydrogen) atoms. The number of halogens is 1. The third-order valence-corrected chi connectivity index (χ3v) is 3.97. The summed E-state index contributed by atoms with van der Waals surface area (Å²) in [7, 11) is 1.56. The van der Waals surface area contributed by atoms with E-state index in [1.165, 1.54) is 0 Å². The van der Waals surface area contributed by atoms with E-state index in [9.17, 15) is 9.59 Å². The molecule has 0 bridgehead atoms. The lowest BCUT2D eigenvalue weighted by molar-refractivity contribution is 0.0963. The van der Waals surface area contributed by atoms with Crippen LogP contribution >= 0.6 is 11.6 Å². The van der Waals surface area contributed by atoms with Gasteiger partial charge in [0.25, 0.3) is 5.91 Å². The van der Waals surface area contributed by atoms with E-state index >= 15 is 0 Å². The molecule has 6 heteroatoms. The molecule has 2 N–H and O–H groups in total. The largest absolute Gasteiger partial charge is 0.355 e. The second kappa shape index (κ2) is 6.80. The van der Waals surface area contributed by atoms with E-state index in [1.54, 1.807) is 30.1 Å². The number of rotatable bonds is 2. The number of hydrogen-bond acceptors (Lipinski definition) is 2. The summed E-state index contributed by atoms with van der Waals surface area (Å²) in [5.41, 5.74) is 0.921. The van der Waals surface area contributed by atoms with Crippen LogP contribution in [0.1, 0.15) is 30.1 Å². The fourth-order valence-corrected chi connectivity index (χ4v) is 2.64. The van der Waals surface area contributed by atoms with Crippen molar-refractivity contribution in [2.75, 3.05) is 25.5 Å². The molecule has 1 fully saturated rings. The maximum absolute atomic E-state index is 12.3. The van der Waals surface area contributed by atoms with Gasteiger partial charge in [-0.2, -0.15) is 0 Å². The molecule has 1 aliphatic heterocycles. The van der Waals surface area contributed by atoms with Gasteiger partial charge >= 0.3 is 6.03 Å². The fraction of sp³-hybridized carbons (Fsp3) is 0.467. The molecule has 1 aromatic carbocycles. The van der Waals surface area contributed by atoms with E-state index in [0.717, 1.165) is 25.9 Å². The van der Waals surface area contributed by atoms with Crippen LogP contribution in [0.2, 0.25) is 5.02 Å². The van der Waals surface area contributed by atoms with Gasteiger partial charge in [0.1, 0.15) is 0 Å². The number of urea groups is 1. The predicted octanol–water partition coefficient (Wildman–Crippen LogP) is 2.96. The predicted molar refractivity (Wildman–Crippen MR) is 83.8 cm³/mol. The smallest absolute Gasteiger partial charge is 0.321 e. The summed E-state index contributed by atoms with van der Waals surface area (Å²) in [4.78, 5) is 25.7. The van der Waals surface area contributed by atoms with Crippen molar-refractivity contribution >= 4 is 29.2 Å². The van der Waals surface area contributed by atoms with Crippen molar-refractivity contribution in [3.05, 3.63) is 28.8 Å². The highest BCUT2D eigenvalue weighted by molar-refractivity contribution is 6.33. The number of carbonyl (C=O) groups excluding carboxylic acids is 2. The summed E-state index contributed by atoms with van der Waals surface area (Å²) in [5, 5.41) is 5.76. The highest BCUT2D eigenvalue weighted by Gasteiger charge is 2.21. The number of hydrogen-bond donors (Lipinski definition) is 2. The van der Waals surface area contributed by atoms with Crippen LogP contribution < -0.4 is 10.6 Å². The van der Waals surface area contributed by atoms with Crippen molar-refractivity contribution in [3.8, 4) is 0 Å². The SMILES string of the molecule is CNC(=O)c1ccc(Cl)c(NC(=O)N2CCCC(C)C2)c1. The molecule has 0 aliphatic carbocycles. The highest BCUT2D eigenvalue weighted by atomic mass is 35.5. The summed E-state index contributed by atoms with van der Waals surface area (Å²) < 4.78 is 0. The number of piperidine rings is 1. The second-order valence-electron chi connectivity index (χ2n) is 5.40. The summed E-state index contributed by atoms with van der Waals surface area (Å²) in [6.45, 7) is 3.64. The molecule has 5 nitrogen and oxygen atoms in total. The third-order valence-electron chi connectivity index (χ3n) is 3.64.